The highest BCUT2D eigenvalue weighted by molar-refractivity contribution is 5.70. The van der Waals surface area contributed by atoms with Crippen LogP contribution < -0.4 is 0 Å². The molecule has 0 aromatic heterocycles. The minimum absolute atomic E-state index is 0.0506. The van der Waals surface area contributed by atoms with Gasteiger partial charge in [0.05, 0.1) is 26.4 Å². The molecule has 0 fully saturated rings. The van der Waals surface area contributed by atoms with Crippen molar-refractivity contribution in [3.8, 4) is 0 Å². The molecule has 10 nitrogen and oxygen atoms in total. The van der Waals surface area contributed by atoms with Gasteiger partial charge in [-0.3, -0.25) is 19.2 Å². The molecule has 164 valence electrons. The van der Waals surface area contributed by atoms with Crippen molar-refractivity contribution in [2.75, 3.05) is 26.4 Å². The number of rotatable bonds is 16. The van der Waals surface area contributed by atoms with Crippen molar-refractivity contribution in [3.05, 3.63) is 0 Å². The fourth-order valence-electron chi connectivity index (χ4n) is 1.81. The average molecular weight is 408 g/mol. The molecule has 0 aromatic rings. The van der Waals surface area contributed by atoms with Crippen LogP contribution in [0, 0.1) is 0 Å². The summed E-state index contributed by atoms with van der Waals surface area (Å²) in [5, 5.41) is 32.1. The zero-order valence-electron chi connectivity index (χ0n) is 16.1. The standard InChI is InChI=1S/C16H26O8.C2H6O2/c17-13(18)7-1-3-9-15(21)23-11-5-6-12-24-16(22)10-4-2-8-14(19)20;3-1-2-4/h1-12H2,(H,17,18)(H,19,20);3-4H,1-2H2. The summed E-state index contributed by atoms with van der Waals surface area (Å²) in [7, 11) is 0. The fraction of sp³-hybridized carbons (Fsp3) is 0.778. The van der Waals surface area contributed by atoms with E-state index in [1.54, 1.807) is 0 Å². The van der Waals surface area contributed by atoms with Crippen LogP contribution in [0.2, 0.25) is 0 Å². The molecule has 28 heavy (non-hydrogen) atoms. The van der Waals surface area contributed by atoms with Crippen LogP contribution in [0.25, 0.3) is 0 Å². The third kappa shape index (κ3) is 26.0. The minimum Gasteiger partial charge on any atom is -0.481 e. The second-order valence-corrected chi connectivity index (χ2v) is 5.80. The summed E-state index contributed by atoms with van der Waals surface area (Å²) in [5.74, 6) is -2.45. The third-order valence-electron chi connectivity index (χ3n) is 3.21. The summed E-state index contributed by atoms with van der Waals surface area (Å²) in [6, 6.07) is 0. The zero-order valence-corrected chi connectivity index (χ0v) is 16.1. The first-order valence-electron chi connectivity index (χ1n) is 9.30. The highest BCUT2D eigenvalue weighted by atomic mass is 16.5. The number of hydrogen-bond donors (Lipinski definition) is 4. The summed E-state index contributed by atoms with van der Waals surface area (Å²) in [5.41, 5.74) is 0. The third-order valence-corrected chi connectivity index (χ3v) is 3.21. The zero-order chi connectivity index (χ0) is 21.6. The van der Waals surface area contributed by atoms with E-state index < -0.39 is 11.9 Å². The molecule has 0 saturated heterocycles. The van der Waals surface area contributed by atoms with Crippen LogP contribution in [-0.2, 0) is 28.7 Å². The molecule has 0 saturated carbocycles. The number of esters is 2. The Morgan fingerprint density at radius 3 is 1.14 bits per heavy atom. The molecule has 0 heterocycles. The van der Waals surface area contributed by atoms with E-state index in [1.165, 1.54) is 0 Å². The van der Waals surface area contributed by atoms with Crippen LogP contribution in [-0.4, -0.2) is 70.7 Å². The summed E-state index contributed by atoms with van der Waals surface area (Å²) in [6.07, 6.45) is 3.55. The van der Waals surface area contributed by atoms with Gasteiger partial charge in [-0.25, -0.2) is 0 Å². The van der Waals surface area contributed by atoms with Gasteiger partial charge in [0, 0.05) is 25.7 Å². The van der Waals surface area contributed by atoms with Crippen LogP contribution in [0.1, 0.15) is 64.2 Å². The maximum atomic E-state index is 11.3. The lowest BCUT2D eigenvalue weighted by Gasteiger charge is -2.06. The molecule has 0 aromatic carbocycles. The van der Waals surface area contributed by atoms with Gasteiger partial charge in [0.2, 0.25) is 0 Å². The lowest BCUT2D eigenvalue weighted by Crippen LogP contribution is -2.09. The molecule has 4 N–H and O–H groups in total. The van der Waals surface area contributed by atoms with Gasteiger partial charge in [-0.2, -0.15) is 0 Å². The Hall–Kier alpha value is -2.20. The number of aliphatic hydroxyl groups is 2. The first kappa shape index (κ1) is 28.0. The molecular formula is C18H32O10. The Bertz CT molecular complexity index is 396. The number of hydrogen-bond acceptors (Lipinski definition) is 8. The Kier molecular flexibility index (Phi) is 21.1. The van der Waals surface area contributed by atoms with Crippen LogP contribution in [0.15, 0.2) is 0 Å². The van der Waals surface area contributed by atoms with Crippen molar-refractivity contribution in [3.63, 3.8) is 0 Å². The lowest BCUT2D eigenvalue weighted by atomic mass is 10.2. The molecule has 0 amide bonds. The van der Waals surface area contributed by atoms with Crippen molar-refractivity contribution in [2.24, 2.45) is 0 Å². The van der Waals surface area contributed by atoms with E-state index >= 15 is 0 Å². The summed E-state index contributed by atoms with van der Waals surface area (Å²) >= 11 is 0. The molecule has 10 heteroatoms. The van der Waals surface area contributed by atoms with E-state index in [9.17, 15) is 19.2 Å². The molecule has 0 aliphatic heterocycles. The Balaban J connectivity index is 0. The smallest absolute Gasteiger partial charge is 0.305 e. The quantitative estimate of drug-likeness (QED) is 0.214. The van der Waals surface area contributed by atoms with Crippen LogP contribution in [0.4, 0.5) is 0 Å². The first-order valence-corrected chi connectivity index (χ1v) is 9.30. The SMILES string of the molecule is O=C(O)CCCCC(=O)OCCCCOC(=O)CCCCC(=O)O.OCCO. The van der Waals surface area contributed by atoms with Gasteiger partial charge in [0.25, 0.3) is 0 Å². The van der Waals surface area contributed by atoms with Crippen molar-refractivity contribution in [2.45, 2.75) is 64.2 Å². The van der Waals surface area contributed by atoms with Gasteiger partial charge in [0.15, 0.2) is 0 Å². The van der Waals surface area contributed by atoms with Gasteiger partial charge in [-0.1, -0.05) is 0 Å². The molecule has 0 radical (unpaired) electrons. The van der Waals surface area contributed by atoms with Crippen LogP contribution in [0.3, 0.4) is 0 Å². The maximum Gasteiger partial charge on any atom is 0.305 e. The Labute approximate surface area is 164 Å². The van der Waals surface area contributed by atoms with Crippen LogP contribution >= 0.6 is 0 Å². The number of carboxylic acids is 2. The lowest BCUT2D eigenvalue weighted by molar-refractivity contribution is -0.146. The monoisotopic (exact) mass is 408 g/mol. The first-order chi connectivity index (χ1) is 13.3. The second kappa shape index (κ2) is 21.1. The Morgan fingerprint density at radius 1 is 0.536 bits per heavy atom. The maximum absolute atomic E-state index is 11.3. The van der Waals surface area contributed by atoms with E-state index in [-0.39, 0.29) is 64.0 Å². The number of ether oxygens (including phenoxy) is 2. The number of unbranched alkanes of at least 4 members (excludes halogenated alkanes) is 3. The molecular weight excluding hydrogens is 376 g/mol. The predicted octanol–water partition coefficient (Wildman–Crippen LogP) is 1.11. The number of carboxylic acid groups (broad SMARTS) is 2. The summed E-state index contributed by atoms with van der Waals surface area (Å²) in [4.78, 5) is 43.2. The van der Waals surface area contributed by atoms with E-state index in [2.05, 4.69) is 0 Å². The van der Waals surface area contributed by atoms with E-state index in [1.807, 2.05) is 0 Å². The fourth-order valence-corrected chi connectivity index (χ4v) is 1.81. The molecule has 0 spiro atoms. The van der Waals surface area contributed by atoms with E-state index in [4.69, 9.17) is 29.9 Å². The second-order valence-electron chi connectivity index (χ2n) is 5.80. The average Bonchev–Trinajstić information content (AvgIpc) is 2.65. The number of carbonyl (C=O) groups excluding carboxylic acids is 2. The summed E-state index contributed by atoms with van der Waals surface area (Å²) < 4.78 is 9.95. The number of carbonyl (C=O) groups is 4. The largest absolute Gasteiger partial charge is 0.481 e. The van der Waals surface area contributed by atoms with Gasteiger partial charge in [-0.15, -0.1) is 0 Å². The van der Waals surface area contributed by atoms with Gasteiger partial charge >= 0.3 is 23.9 Å². The Morgan fingerprint density at radius 2 is 0.857 bits per heavy atom. The van der Waals surface area contributed by atoms with Crippen molar-refractivity contribution in [1.82, 2.24) is 0 Å². The van der Waals surface area contributed by atoms with Crippen molar-refractivity contribution < 1.29 is 49.1 Å². The van der Waals surface area contributed by atoms with Crippen molar-refractivity contribution >= 4 is 23.9 Å². The normalized spacial score (nSPS) is 9.79. The molecule has 0 aliphatic carbocycles. The van der Waals surface area contributed by atoms with E-state index in [0.717, 1.165) is 0 Å². The van der Waals surface area contributed by atoms with Crippen LogP contribution in [0.5, 0.6) is 0 Å². The summed E-state index contributed by atoms with van der Waals surface area (Å²) in [6.45, 7) is 0.238. The van der Waals surface area contributed by atoms with E-state index in [0.29, 0.717) is 38.5 Å². The molecule has 0 unspecified atom stereocenters. The number of aliphatic carboxylic acids is 2. The van der Waals surface area contributed by atoms with Gasteiger partial charge in [0.1, 0.15) is 0 Å². The highest BCUT2D eigenvalue weighted by Gasteiger charge is 2.06. The molecule has 0 rings (SSSR count). The predicted molar refractivity (Wildman–Crippen MR) is 97.5 cm³/mol. The minimum atomic E-state index is -0.875. The van der Waals surface area contributed by atoms with Gasteiger partial charge < -0.3 is 29.9 Å². The highest BCUT2D eigenvalue weighted by Crippen LogP contribution is 2.04. The van der Waals surface area contributed by atoms with Gasteiger partial charge in [-0.05, 0) is 38.5 Å². The topological polar surface area (TPSA) is 168 Å². The molecule has 0 aliphatic rings. The number of aliphatic hydroxyl groups excluding tert-OH is 2. The van der Waals surface area contributed by atoms with Crippen molar-refractivity contribution in [1.29, 1.82) is 0 Å². The molecule has 0 atom stereocenters. The molecule has 0 bridgehead atoms.